The van der Waals surface area contributed by atoms with E-state index >= 15 is 0 Å². The van der Waals surface area contributed by atoms with Crippen LogP contribution in [0.15, 0.2) is 28.7 Å². The largest absolute Gasteiger partial charge is 0.490 e. The molecule has 30 heavy (non-hydrogen) atoms. The van der Waals surface area contributed by atoms with Gasteiger partial charge in [-0.2, -0.15) is 0 Å². The van der Waals surface area contributed by atoms with Crippen LogP contribution >= 0.6 is 11.3 Å². The second-order valence-electron chi connectivity index (χ2n) is 7.51. The molecule has 0 aliphatic heterocycles. The van der Waals surface area contributed by atoms with E-state index in [1.165, 1.54) is 29.7 Å². The van der Waals surface area contributed by atoms with Crippen molar-refractivity contribution in [1.29, 1.82) is 0 Å². The van der Waals surface area contributed by atoms with Crippen molar-refractivity contribution < 1.29 is 9.53 Å². The second-order valence-corrected chi connectivity index (χ2v) is 8.37. The maximum atomic E-state index is 12.1. The number of aryl methyl sites for hydroxylation is 2. The molecular formula is C22H31N5O2S. The van der Waals surface area contributed by atoms with Crippen LogP contribution in [0.3, 0.4) is 0 Å². The summed E-state index contributed by atoms with van der Waals surface area (Å²) in [5.74, 6) is 1.55. The van der Waals surface area contributed by atoms with E-state index in [4.69, 9.17) is 4.74 Å². The number of rotatable bonds is 8. The van der Waals surface area contributed by atoms with Gasteiger partial charge in [0, 0.05) is 32.2 Å². The summed E-state index contributed by atoms with van der Waals surface area (Å²) in [5.41, 5.74) is 4.76. The molecule has 0 saturated heterocycles. The minimum atomic E-state index is -0.0897. The standard InChI is InChI=1S/C22H31N5O2S/c1-15-8-9-17(19(12-15)29-18-6-4-5-7-18)13-26-22(23-3)25-11-10-24-21(28)20-16(2)27-14-30-20/h8-9,12,14,18H,4-7,10-11,13H2,1-3H3,(H,24,28)(H2,23,25,26). The molecule has 1 heterocycles. The van der Waals surface area contributed by atoms with Gasteiger partial charge in [-0.3, -0.25) is 9.79 Å². The van der Waals surface area contributed by atoms with Crippen molar-refractivity contribution in [2.24, 2.45) is 4.99 Å². The predicted molar refractivity (Wildman–Crippen MR) is 121 cm³/mol. The molecular weight excluding hydrogens is 398 g/mol. The van der Waals surface area contributed by atoms with Crippen LogP contribution in [-0.2, 0) is 6.54 Å². The molecule has 0 atom stereocenters. The molecule has 0 radical (unpaired) electrons. The quantitative estimate of drug-likeness (QED) is 0.341. The lowest BCUT2D eigenvalue weighted by molar-refractivity contribution is 0.0957. The molecule has 1 saturated carbocycles. The number of aromatic nitrogens is 1. The number of ether oxygens (including phenoxy) is 1. The Balaban J connectivity index is 1.46. The molecule has 0 unspecified atom stereocenters. The third kappa shape index (κ3) is 6.19. The molecule has 3 N–H and O–H groups in total. The summed E-state index contributed by atoms with van der Waals surface area (Å²) in [7, 11) is 1.74. The van der Waals surface area contributed by atoms with Gasteiger partial charge in [0.15, 0.2) is 5.96 Å². The van der Waals surface area contributed by atoms with E-state index < -0.39 is 0 Å². The number of aliphatic imine (C=N–C) groups is 1. The summed E-state index contributed by atoms with van der Waals surface area (Å²) in [6, 6.07) is 6.33. The number of benzene rings is 1. The third-order valence-corrected chi connectivity index (χ3v) is 6.07. The van der Waals surface area contributed by atoms with Crippen molar-refractivity contribution in [1.82, 2.24) is 20.9 Å². The van der Waals surface area contributed by atoms with Crippen LogP contribution in [-0.4, -0.2) is 43.1 Å². The lowest BCUT2D eigenvalue weighted by Crippen LogP contribution is -2.41. The van der Waals surface area contributed by atoms with E-state index in [1.54, 1.807) is 12.6 Å². The Morgan fingerprint density at radius 1 is 1.20 bits per heavy atom. The molecule has 8 heteroatoms. The van der Waals surface area contributed by atoms with Gasteiger partial charge in [0.25, 0.3) is 5.91 Å². The number of hydrogen-bond acceptors (Lipinski definition) is 5. The summed E-state index contributed by atoms with van der Waals surface area (Å²) in [5, 5.41) is 9.46. The van der Waals surface area contributed by atoms with Gasteiger partial charge in [-0.15, -0.1) is 11.3 Å². The highest BCUT2D eigenvalue weighted by Gasteiger charge is 2.18. The Morgan fingerprint density at radius 3 is 2.67 bits per heavy atom. The first-order chi connectivity index (χ1) is 14.6. The maximum absolute atomic E-state index is 12.1. The predicted octanol–water partition coefficient (Wildman–Crippen LogP) is 3.18. The van der Waals surface area contributed by atoms with Gasteiger partial charge in [-0.25, -0.2) is 4.98 Å². The molecule has 1 aliphatic rings. The number of nitrogens with one attached hydrogen (secondary N) is 3. The zero-order valence-electron chi connectivity index (χ0n) is 18.0. The van der Waals surface area contributed by atoms with Crippen LogP contribution in [0.1, 0.15) is 52.2 Å². The van der Waals surface area contributed by atoms with Crippen LogP contribution in [0.25, 0.3) is 0 Å². The fraction of sp³-hybridized carbons (Fsp3) is 0.500. The molecule has 1 fully saturated rings. The van der Waals surface area contributed by atoms with Gasteiger partial charge in [0.1, 0.15) is 10.6 Å². The highest BCUT2D eigenvalue weighted by atomic mass is 32.1. The molecule has 1 aliphatic carbocycles. The number of carbonyl (C=O) groups excluding carboxylic acids is 1. The zero-order chi connectivity index (χ0) is 21.3. The van der Waals surface area contributed by atoms with Crippen molar-refractivity contribution in [3.05, 3.63) is 45.4 Å². The minimum Gasteiger partial charge on any atom is -0.490 e. The van der Waals surface area contributed by atoms with E-state index in [1.807, 2.05) is 6.92 Å². The molecule has 3 rings (SSSR count). The third-order valence-electron chi connectivity index (χ3n) is 5.14. The topological polar surface area (TPSA) is 87.6 Å². The Hall–Kier alpha value is -2.61. The van der Waals surface area contributed by atoms with Crippen molar-refractivity contribution in [2.45, 2.75) is 52.2 Å². The zero-order valence-corrected chi connectivity index (χ0v) is 18.8. The van der Waals surface area contributed by atoms with E-state index in [2.05, 4.69) is 51.0 Å². The molecule has 1 amide bonds. The SMILES string of the molecule is CN=C(NCCNC(=O)c1scnc1C)NCc1ccc(C)cc1OC1CCCC1. The van der Waals surface area contributed by atoms with E-state index in [0.717, 1.165) is 29.8 Å². The summed E-state index contributed by atoms with van der Waals surface area (Å²) >= 11 is 1.35. The number of hydrogen-bond donors (Lipinski definition) is 3. The van der Waals surface area contributed by atoms with Crippen LogP contribution in [0.4, 0.5) is 0 Å². The minimum absolute atomic E-state index is 0.0897. The lowest BCUT2D eigenvalue weighted by atomic mass is 10.1. The number of carbonyl (C=O) groups is 1. The molecule has 2 aromatic rings. The summed E-state index contributed by atoms with van der Waals surface area (Å²) in [6.07, 6.45) is 5.10. The van der Waals surface area contributed by atoms with Gasteiger partial charge in [0.05, 0.1) is 17.3 Å². The van der Waals surface area contributed by atoms with Crippen LogP contribution in [0.5, 0.6) is 5.75 Å². The van der Waals surface area contributed by atoms with Crippen LogP contribution in [0, 0.1) is 13.8 Å². The van der Waals surface area contributed by atoms with Crippen molar-refractivity contribution in [2.75, 3.05) is 20.1 Å². The summed E-state index contributed by atoms with van der Waals surface area (Å²) < 4.78 is 6.27. The summed E-state index contributed by atoms with van der Waals surface area (Å²) in [6.45, 7) is 5.61. The Labute approximate surface area is 182 Å². The average Bonchev–Trinajstić information content (AvgIpc) is 3.40. The fourth-order valence-electron chi connectivity index (χ4n) is 3.46. The normalized spacial score (nSPS) is 14.6. The second kappa shape index (κ2) is 11.0. The van der Waals surface area contributed by atoms with Gasteiger partial charge < -0.3 is 20.7 Å². The molecule has 7 nitrogen and oxygen atoms in total. The van der Waals surface area contributed by atoms with Gasteiger partial charge >= 0.3 is 0 Å². The first-order valence-corrected chi connectivity index (χ1v) is 11.3. The van der Waals surface area contributed by atoms with Crippen LogP contribution < -0.4 is 20.7 Å². The number of thiazole rings is 1. The first-order valence-electron chi connectivity index (χ1n) is 10.5. The summed E-state index contributed by atoms with van der Waals surface area (Å²) in [4.78, 5) is 21.2. The number of amides is 1. The molecule has 0 spiro atoms. The van der Waals surface area contributed by atoms with Gasteiger partial charge in [-0.05, 0) is 51.2 Å². The van der Waals surface area contributed by atoms with Crippen molar-refractivity contribution >= 4 is 23.2 Å². The molecule has 1 aromatic heterocycles. The Morgan fingerprint density at radius 2 is 1.97 bits per heavy atom. The lowest BCUT2D eigenvalue weighted by Gasteiger charge is -2.18. The van der Waals surface area contributed by atoms with E-state index in [0.29, 0.717) is 36.6 Å². The smallest absolute Gasteiger partial charge is 0.263 e. The average molecular weight is 430 g/mol. The monoisotopic (exact) mass is 429 g/mol. The fourth-order valence-corrected chi connectivity index (χ4v) is 4.18. The molecule has 1 aromatic carbocycles. The van der Waals surface area contributed by atoms with Crippen molar-refractivity contribution in [3.8, 4) is 5.75 Å². The number of nitrogens with zero attached hydrogens (tertiary/aromatic N) is 2. The maximum Gasteiger partial charge on any atom is 0.263 e. The van der Waals surface area contributed by atoms with E-state index in [9.17, 15) is 4.79 Å². The highest BCUT2D eigenvalue weighted by Crippen LogP contribution is 2.27. The van der Waals surface area contributed by atoms with Gasteiger partial charge in [0.2, 0.25) is 0 Å². The highest BCUT2D eigenvalue weighted by molar-refractivity contribution is 7.11. The van der Waals surface area contributed by atoms with Crippen LogP contribution in [0.2, 0.25) is 0 Å². The Bertz CT molecular complexity index is 874. The first kappa shape index (κ1) is 22.1. The van der Waals surface area contributed by atoms with Crippen molar-refractivity contribution in [3.63, 3.8) is 0 Å². The van der Waals surface area contributed by atoms with E-state index in [-0.39, 0.29) is 5.91 Å². The molecule has 162 valence electrons. The van der Waals surface area contributed by atoms with Gasteiger partial charge in [-0.1, -0.05) is 12.1 Å². The molecule has 0 bridgehead atoms. The Kier molecular flexibility index (Phi) is 8.07. The number of guanidine groups is 1.